The number of carbonyl (C=O) groups is 1. The monoisotopic (exact) mass is 397 g/mol. The fourth-order valence-corrected chi connectivity index (χ4v) is 3.51. The highest BCUT2D eigenvalue weighted by atomic mass is 16.5. The van der Waals surface area contributed by atoms with Gasteiger partial charge in [-0.3, -0.25) is 4.79 Å². The predicted octanol–water partition coefficient (Wildman–Crippen LogP) is 4.95. The van der Waals surface area contributed by atoms with E-state index in [-0.39, 0.29) is 5.91 Å². The minimum atomic E-state index is -0.484. The molecule has 0 aliphatic carbocycles. The highest BCUT2D eigenvalue weighted by Crippen LogP contribution is 2.27. The number of amides is 1. The number of rotatable bonds is 6. The van der Waals surface area contributed by atoms with Gasteiger partial charge in [-0.05, 0) is 46.7 Å². The van der Waals surface area contributed by atoms with Gasteiger partial charge in [0.2, 0.25) is 0 Å². The number of para-hydroxylation sites is 2. The molecular formula is C25H23N3O2. The molecule has 2 N–H and O–H groups in total. The first-order valence-corrected chi connectivity index (χ1v) is 9.80. The first kappa shape index (κ1) is 19.5. The SMILES string of the molecule is COc1ccccc1N[C@@H](C)C(=O)N/N=C\c1c2ccccc2cc2ccccc12. The summed E-state index contributed by atoms with van der Waals surface area (Å²) in [5, 5.41) is 11.9. The summed E-state index contributed by atoms with van der Waals surface area (Å²) in [6, 6.07) is 25.5. The molecular weight excluding hydrogens is 374 g/mol. The van der Waals surface area contributed by atoms with E-state index in [0.29, 0.717) is 5.75 Å². The maximum atomic E-state index is 12.5. The van der Waals surface area contributed by atoms with E-state index in [9.17, 15) is 4.79 Å². The van der Waals surface area contributed by atoms with E-state index in [1.54, 1.807) is 20.2 Å². The van der Waals surface area contributed by atoms with Gasteiger partial charge >= 0.3 is 0 Å². The van der Waals surface area contributed by atoms with Crippen molar-refractivity contribution in [2.45, 2.75) is 13.0 Å². The first-order valence-electron chi connectivity index (χ1n) is 9.80. The molecule has 4 aromatic rings. The Labute approximate surface area is 175 Å². The van der Waals surface area contributed by atoms with Crippen LogP contribution >= 0.6 is 0 Å². The maximum absolute atomic E-state index is 12.5. The van der Waals surface area contributed by atoms with Gasteiger partial charge in [-0.1, -0.05) is 60.7 Å². The molecule has 5 heteroatoms. The second-order valence-electron chi connectivity index (χ2n) is 7.03. The molecule has 0 saturated carbocycles. The number of carbonyl (C=O) groups excluding carboxylic acids is 1. The zero-order chi connectivity index (χ0) is 20.9. The molecule has 0 spiro atoms. The van der Waals surface area contributed by atoms with Crippen molar-refractivity contribution in [3.63, 3.8) is 0 Å². The van der Waals surface area contributed by atoms with Crippen LogP contribution in [0.5, 0.6) is 5.75 Å². The van der Waals surface area contributed by atoms with Crippen LogP contribution in [0.4, 0.5) is 5.69 Å². The van der Waals surface area contributed by atoms with Gasteiger partial charge in [0, 0.05) is 5.56 Å². The second-order valence-corrected chi connectivity index (χ2v) is 7.03. The fourth-order valence-electron chi connectivity index (χ4n) is 3.51. The summed E-state index contributed by atoms with van der Waals surface area (Å²) >= 11 is 0. The molecule has 1 atom stereocenters. The lowest BCUT2D eigenvalue weighted by molar-refractivity contribution is -0.121. The van der Waals surface area contributed by atoms with Crippen LogP contribution in [0.3, 0.4) is 0 Å². The molecule has 1 amide bonds. The van der Waals surface area contributed by atoms with Crippen LogP contribution in [-0.4, -0.2) is 25.3 Å². The number of ether oxygens (including phenoxy) is 1. The van der Waals surface area contributed by atoms with Crippen molar-refractivity contribution >= 4 is 39.4 Å². The minimum Gasteiger partial charge on any atom is -0.495 e. The number of hydrogen-bond donors (Lipinski definition) is 2. The van der Waals surface area contributed by atoms with E-state index >= 15 is 0 Å². The Kier molecular flexibility index (Phi) is 5.61. The smallest absolute Gasteiger partial charge is 0.262 e. The van der Waals surface area contributed by atoms with Crippen LogP contribution in [0.15, 0.2) is 84.0 Å². The lowest BCUT2D eigenvalue weighted by atomic mass is 9.97. The molecule has 150 valence electrons. The van der Waals surface area contributed by atoms with Gasteiger partial charge in [-0.15, -0.1) is 0 Å². The molecule has 4 aromatic carbocycles. The van der Waals surface area contributed by atoms with E-state index in [4.69, 9.17) is 4.74 Å². The molecule has 0 aliphatic rings. The van der Waals surface area contributed by atoms with Gasteiger partial charge in [-0.2, -0.15) is 5.10 Å². The summed E-state index contributed by atoms with van der Waals surface area (Å²) < 4.78 is 5.32. The second kappa shape index (κ2) is 8.66. The first-order chi connectivity index (χ1) is 14.7. The highest BCUT2D eigenvalue weighted by molar-refractivity contribution is 6.13. The number of fused-ring (bicyclic) bond motifs is 2. The number of anilines is 1. The molecule has 30 heavy (non-hydrogen) atoms. The molecule has 0 saturated heterocycles. The van der Waals surface area contributed by atoms with Crippen molar-refractivity contribution < 1.29 is 9.53 Å². The summed E-state index contributed by atoms with van der Waals surface area (Å²) in [6.45, 7) is 1.78. The molecule has 0 aromatic heterocycles. The van der Waals surface area contributed by atoms with Crippen LogP contribution in [0.2, 0.25) is 0 Å². The summed E-state index contributed by atoms with van der Waals surface area (Å²) in [4.78, 5) is 12.5. The van der Waals surface area contributed by atoms with Crippen LogP contribution in [0.1, 0.15) is 12.5 Å². The van der Waals surface area contributed by atoms with Crippen LogP contribution in [-0.2, 0) is 4.79 Å². The van der Waals surface area contributed by atoms with Gasteiger partial charge in [0.25, 0.3) is 5.91 Å². The number of hydrogen-bond acceptors (Lipinski definition) is 4. The van der Waals surface area contributed by atoms with E-state index in [2.05, 4.69) is 46.2 Å². The third kappa shape index (κ3) is 3.96. The van der Waals surface area contributed by atoms with Crippen LogP contribution in [0.25, 0.3) is 21.5 Å². The number of methoxy groups -OCH3 is 1. The Hall–Kier alpha value is -3.86. The Balaban J connectivity index is 1.55. The highest BCUT2D eigenvalue weighted by Gasteiger charge is 2.14. The van der Waals surface area contributed by atoms with Gasteiger partial charge in [0.1, 0.15) is 11.8 Å². The lowest BCUT2D eigenvalue weighted by Gasteiger charge is -2.16. The average molecular weight is 397 g/mol. The number of benzene rings is 4. The quantitative estimate of drug-likeness (QED) is 0.275. The molecule has 0 radical (unpaired) electrons. The molecule has 0 bridgehead atoms. The van der Waals surface area contributed by atoms with E-state index < -0.39 is 6.04 Å². The topological polar surface area (TPSA) is 62.7 Å². The summed E-state index contributed by atoms with van der Waals surface area (Å²) in [6.07, 6.45) is 1.72. The number of nitrogens with zero attached hydrogens (tertiary/aromatic N) is 1. The molecule has 0 aliphatic heterocycles. The standard InChI is InChI=1S/C25H23N3O2/c1-17(27-23-13-7-8-14-24(23)30-2)25(29)28-26-16-22-20-11-5-3-9-18(20)15-19-10-4-6-12-21(19)22/h3-17,27H,1-2H3,(H,28,29)/b26-16-/t17-/m0/s1. The largest absolute Gasteiger partial charge is 0.495 e. The van der Waals surface area contributed by atoms with Crippen molar-refractivity contribution in [3.8, 4) is 5.75 Å². The van der Waals surface area contributed by atoms with Crippen molar-refractivity contribution in [2.75, 3.05) is 12.4 Å². The van der Waals surface area contributed by atoms with Crippen LogP contribution in [0, 0.1) is 0 Å². The van der Waals surface area contributed by atoms with Crippen molar-refractivity contribution in [1.82, 2.24) is 5.43 Å². The summed E-state index contributed by atoms with van der Waals surface area (Å²) in [7, 11) is 1.60. The van der Waals surface area contributed by atoms with Crippen LogP contribution < -0.4 is 15.5 Å². The molecule has 0 heterocycles. The Morgan fingerprint density at radius 3 is 2.20 bits per heavy atom. The van der Waals surface area contributed by atoms with E-state index in [0.717, 1.165) is 32.8 Å². The molecule has 0 unspecified atom stereocenters. The fraction of sp³-hybridized carbons (Fsp3) is 0.120. The Bertz CT molecular complexity index is 1180. The van der Waals surface area contributed by atoms with Gasteiger partial charge < -0.3 is 10.1 Å². The average Bonchev–Trinajstić information content (AvgIpc) is 2.78. The van der Waals surface area contributed by atoms with Gasteiger partial charge in [0.15, 0.2) is 0 Å². The Morgan fingerprint density at radius 2 is 1.53 bits per heavy atom. The van der Waals surface area contributed by atoms with E-state index in [1.807, 2.05) is 48.5 Å². The third-order valence-electron chi connectivity index (χ3n) is 5.05. The molecule has 0 fully saturated rings. The van der Waals surface area contributed by atoms with E-state index in [1.165, 1.54) is 0 Å². The lowest BCUT2D eigenvalue weighted by Crippen LogP contribution is -2.35. The van der Waals surface area contributed by atoms with Crippen molar-refractivity contribution in [2.24, 2.45) is 5.10 Å². The normalized spacial score (nSPS) is 12.2. The zero-order valence-electron chi connectivity index (χ0n) is 16.9. The van der Waals surface area contributed by atoms with Gasteiger partial charge in [0.05, 0.1) is 19.0 Å². The number of hydrazone groups is 1. The van der Waals surface area contributed by atoms with Gasteiger partial charge in [-0.25, -0.2) is 5.43 Å². The summed E-state index contributed by atoms with van der Waals surface area (Å²) in [5.41, 5.74) is 4.38. The minimum absolute atomic E-state index is 0.235. The Morgan fingerprint density at radius 1 is 0.933 bits per heavy atom. The third-order valence-corrected chi connectivity index (χ3v) is 5.05. The summed E-state index contributed by atoms with van der Waals surface area (Å²) in [5.74, 6) is 0.449. The number of nitrogens with one attached hydrogen (secondary N) is 2. The molecule has 4 rings (SSSR count). The molecule has 5 nitrogen and oxygen atoms in total. The zero-order valence-corrected chi connectivity index (χ0v) is 16.9. The van der Waals surface area contributed by atoms with Crippen molar-refractivity contribution in [1.29, 1.82) is 0 Å². The van der Waals surface area contributed by atoms with Crippen molar-refractivity contribution in [3.05, 3.63) is 84.4 Å². The predicted molar refractivity (Wildman–Crippen MR) is 123 cm³/mol. The maximum Gasteiger partial charge on any atom is 0.262 e.